The Kier molecular flexibility index (Phi) is 6.30. The van der Waals surface area contributed by atoms with E-state index in [1.807, 2.05) is 0 Å². The van der Waals surface area contributed by atoms with Crippen LogP contribution < -0.4 is 9.64 Å². The van der Waals surface area contributed by atoms with E-state index in [4.69, 9.17) is 21.1 Å². The number of methoxy groups -OCH3 is 1. The zero-order valence-electron chi connectivity index (χ0n) is 18.0. The number of imide groups is 1. The summed E-state index contributed by atoms with van der Waals surface area (Å²) in [7, 11) is 1.26. The van der Waals surface area contributed by atoms with Gasteiger partial charge in [-0.2, -0.15) is 0 Å². The van der Waals surface area contributed by atoms with Crippen LogP contribution in [-0.2, 0) is 4.74 Å². The number of nitro benzene ring substituents is 1. The van der Waals surface area contributed by atoms with Crippen LogP contribution in [0.4, 0.5) is 11.4 Å². The standard InChI is InChI=1S/C24H15ClN2O8/c1-34-21-8-6-13(10-19(21)27(32)33)20(28)12-35-24(31)14-5-7-17-18(9-14)23(30)26(22(17)29)16-4-2-3-15(25)11-16/h2-11H,12H2,1H3. The number of nitrogens with zero attached hydrogens (tertiary/aromatic N) is 2. The van der Waals surface area contributed by atoms with Gasteiger partial charge in [0.2, 0.25) is 5.78 Å². The Morgan fingerprint density at radius 3 is 2.37 bits per heavy atom. The lowest BCUT2D eigenvalue weighted by Gasteiger charge is -2.13. The normalized spacial score (nSPS) is 12.3. The molecule has 0 radical (unpaired) electrons. The van der Waals surface area contributed by atoms with E-state index < -0.39 is 40.8 Å². The van der Waals surface area contributed by atoms with Crippen LogP contribution in [0.15, 0.2) is 60.7 Å². The first-order valence-corrected chi connectivity index (χ1v) is 10.4. The molecule has 10 nitrogen and oxygen atoms in total. The molecule has 3 aromatic carbocycles. The number of carbonyl (C=O) groups is 4. The molecule has 0 spiro atoms. The topological polar surface area (TPSA) is 133 Å². The van der Waals surface area contributed by atoms with Gasteiger partial charge in [-0.15, -0.1) is 0 Å². The van der Waals surface area contributed by atoms with Gasteiger partial charge in [-0.05, 0) is 48.5 Å². The second-order valence-corrected chi connectivity index (χ2v) is 7.77. The van der Waals surface area contributed by atoms with Crippen molar-refractivity contribution in [1.29, 1.82) is 0 Å². The van der Waals surface area contributed by atoms with E-state index in [0.717, 1.165) is 11.0 Å². The summed E-state index contributed by atoms with van der Waals surface area (Å²) in [4.78, 5) is 61.9. The van der Waals surface area contributed by atoms with E-state index >= 15 is 0 Å². The fourth-order valence-electron chi connectivity index (χ4n) is 3.52. The lowest BCUT2D eigenvalue weighted by atomic mass is 10.1. The first kappa shape index (κ1) is 23.6. The second-order valence-electron chi connectivity index (χ2n) is 7.33. The van der Waals surface area contributed by atoms with Gasteiger partial charge < -0.3 is 9.47 Å². The molecule has 1 aliphatic rings. The minimum atomic E-state index is -0.911. The van der Waals surface area contributed by atoms with Crippen molar-refractivity contribution in [3.63, 3.8) is 0 Å². The lowest BCUT2D eigenvalue weighted by Crippen LogP contribution is -2.29. The van der Waals surface area contributed by atoms with E-state index in [2.05, 4.69) is 0 Å². The van der Waals surface area contributed by atoms with Gasteiger partial charge in [0, 0.05) is 16.7 Å². The number of ketones is 1. The summed E-state index contributed by atoms with van der Waals surface area (Å²) in [6, 6.07) is 13.7. The summed E-state index contributed by atoms with van der Waals surface area (Å²) in [5.74, 6) is -2.81. The molecule has 1 aliphatic heterocycles. The number of nitro groups is 1. The van der Waals surface area contributed by atoms with E-state index in [9.17, 15) is 29.3 Å². The first-order chi connectivity index (χ1) is 16.7. The Balaban J connectivity index is 1.49. The molecule has 3 aromatic rings. The molecule has 0 N–H and O–H groups in total. The van der Waals surface area contributed by atoms with Crippen LogP contribution in [0.5, 0.6) is 5.75 Å². The molecule has 0 fully saturated rings. The molecule has 0 aliphatic carbocycles. The predicted molar refractivity (Wildman–Crippen MR) is 123 cm³/mol. The van der Waals surface area contributed by atoms with Crippen LogP contribution in [0.3, 0.4) is 0 Å². The summed E-state index contributed by atoms with van der Waals surface area (Å²) in [5.41, 5.74) is -0.110. The van der Waals surface area contributed by atoms with Crippen LogP contribution in [0.2, 0.25) is 5.02 Å². The molecule has 4 rings (SSSR count). The van der Waals surface area contributed by atoms with Gasteiger partial charge in [-0.3, -0.25) is 24.5 Å². The molecule has 11 heteroatoms. The number of halogens is 1. The molecule has 0 aromatic heterocycles. The largest absolute Gasteiger partial charge is 0.490 e. The van der Waals surface area contributed by atoms with Crippen molar-refractivity contribution in [2.75, 3.05) is 18.6 Å². The van der Waals surface area contributed by atoms with Crippen molar-refractivity contribution in [2.24, 2.45) is 0 Å². The van der Waals surface area contributed by atoms with Crippen molar-refractivity contribution in [3.05, 3.63) is 98.1 Å². The van der Waals surface area contributed by atoms with Crippen LogP contribution in [0.1, 0.15) is 41.4 Å². The maximum atomic E-state index is 12.9. The van der Waals surface area contributed by atoms with Crippen molar-refractivity contribution >= 4 is 46.5 Å². The Bertz CT molecular complexity index is 1420. The highest BCUT2D eigenvalue weighted by molar-refractivity contribution is 6.35. The van der Waals surface area contributed by atoms with Crippen LogP contribution in [0, 0.1) is 10.1 Å². The molecular formula is C24H15ClN2O8. The number of fused-ring (bicyclic) bond motifs is 1. The van der Waals surface area contributed by atoms with Gasteiger partial charge in [-0.25, -0.2) is 9.69 Å². The molecule has 35 heavy (non-hydrogen) atoms. The third kappa shape index (κ3) is 4.46. The van der Waals surface area contributed by atoms with Gasteiger partial charge >= 0.3 is 11.7 Å². The minimum Gasteiger partial charge on any atom is -0.490 e. The summed E-state index contributed by atoms with van der Waals surface area (Å²) < 4.78 is 9.93. The monoisotopic (exact) mass is 494 g/mol. The Hall–Kier alpha value is -4.57. The Labute approximate surface area is 202 Å². The van der Waals surface area contributed by atoms with Crippen molar-refractivity contribution < 1.29 is 33.6 Å². The lowest BCUT2D eigenvalue weighted by molar-refractivity contribution is -0.385. The maximum Gasteiger partial charge on any atom is 0.338 e. The molecule has 0 bridgehead atoms. The second kappa shape index (κ2) is 9.35. The number of ether oxygens (including phenoxy) is 2. The molecule has 2 amide bonds. The van der Waals surface area contributed by atoms with Gasteiger partial charge in [0.05, 0.1) is 34.4 Å². The molecule has 0 saturated heterocycles. The number of esters is 1. The van der Waals surface area contributed by atoms with Gasteiger partial charge in [0.25, 0.3) is 11.8 Å². The summed E-state index contributed by atoms with van der Waals surface area (Å²) in [6.07, 6.45) is 0. The minimum absolute atomic E-state index is 0.00142. The number of anilines is 1. The number of amides is 2. The number of carbonyl (C=O) groups excluding carboxylic acids is 4. The highest BCUT2D eigenvalue weighted by Gasteiger charge is 2.37. The predicted octanol–water partition coefficient (Wildman–Crippen LogP) is 4.10. The fourth-order valence-corrected chi connectivity index (χ4v) is 3.71. The average Bonchev–Trinajstić information content (AvgIpc) is 3.10. The van der Waals surface area contributed by atoms with Gasteiger partial charge in [0.1, 0.15) is 0 Å². The van der Waals surface area contributed by atoms with E-state index in [1.165, 1.54) is 43.5 Å². The van der Waals surface area contributed by atoms with E-state index in [0.29, 0.717) is 5.02 Å². The zero-order chi connectivity index (χ0) is 25.3. The number of rotatable bonds is 7. The molecular weight excluding hydrogens is 480 g/mol. The average molecular weight is 495 g/mol. The smallest absolute Gasteiger partial charge is 0.338 e. The van der Waals surface area contributed by atoms with Crippen LogP contribution in [-0.4, -0.2) is 42.2 Å². The maximum absolute atomic E-state index is 12.9. The SMILES string of the molecule is COc1ccc(C(=O)COC(=O)c2ccc3c(c2)C(=O)N(c2cccc(Cl)c2)C3=O)cc1[N+](=O)[O-]. The number of Topliss-reactive ketones (excluding diaryl/α,β-unsaturated/α-hetero) is 1. The molecule has 0 atom stereocenters. The third-order valence-electron chi connectivity index (χ3n) is 5.22. The van der Waals surface area contributed by atoms with Crippen LogP contribution >= 0.6 is 11.6 Å². The highest BCUT2D eigenvalue weighted by atomic mass is 35.5. The highest BCUT2D eigenvalue weighted by Crippen LogP contribution is 2.31. The third-order valence-corrected chi connectivity index (χ3v) is 5.46. The van der Waals surface area contributed by atoms with Crippen LogP contribution in [0.25, 0.3) is 0 Å². The summed E-state index contributed by atoms with van der Waals surface area (Å²) in [6.45, 7) is -0.694. The Morgan fingerprint density at radius 1 is 0.971 bits per heavy atom. The van der Waals surface area contributed by atoms with Crippen molar-refractivity contribution in [3.8, 4) is 5.75 Å². The number of hydrogen-bond acceptors (Lipinski definition) is 8. The van der Waals surface area contributed by atoms with Gasteiger partial charge in [-0.1, -0.05) is 17.7 Å². The molecule has 0 unspecified atom stereocenters. The van der Waals surface area contributed by atoms with Crippen molar-refractivity contribution in [2.45, 2.75) is 0 Å². The van der Waals surface area contributed by atoms with Crippen molar-refractivity contribution in [1.82, 2.24) is 0 Å². The quantitative estimate of drug-likeness (QED) is 0.157. The molecule has 176 valence electrons. The zero-order valence-corrected chi connectivity index (χ0v) is 18.8. The molecule has 1 heterocycles. The van der Waals surface area contributed by atoms with Gasteiger partial charge in [0.15, 0.2) is 12.4 Å². The number of hydrogen-bond donors (Lipinski definition) is 0. The summed E-state index contributed by atoms with van der Waals surface area (Å²) in [5, 5.41) is 11.5. The summed E-state index contributed by atoms with van der Waals surface area (Å²) >= 11 is 5.96. The van der Waals surface area contributed by atoms with E-state index in [-0.39, 0.29) is 33.7 Å². The van der Waals surface area contributed by atoms with E-state index in [1.54, 1.807) is 18.2 Å². The fraction of sp³-hybridized carbons (Fsp3) is 0.0833. The first-order valence-electron chi connectivity index (χ1n) is 10.0. The Morgan fingerprint density at radius 2 is 1.69 bits per heavy atom. The molecule has 0 saturated carbocycles. The number of benzene rings is 3.